The number of hydrogen-bond donors (Lipinski definition) is 0. The van der Waals surface area contributed by atoms with Crippen molar-refractivity contribution in [3.63, 3.8) is 0 Å². The summed E-state index contributed by atoms with van der Waals surface area (Å²) in [4.78, 5) is 12.1. The normalized spacial score (nSPS) is 9.70. The van der Waals surface area contributed by atoms with Gasteiger partial charge in [0.25, 0.3) is 0 Å². The molecule has 0 N–H and O–H groups in total. The molecule has 0 rings (SSSR count). The van der Waals surface area contributed by atoms with E-state index in [1.165, 1.54) is 0 Å². The summed E-state index contributed by atoms with van der Waals surface area (Å²) in [5.74, 6) is 0. The van der Waals surface area contributed by atoms with Crippen molar-refractivity contribution in [1.29, 1.82) is 0 Å². The van der Waals surface area contributed by atoms with Crippen LogP contribution in [0.1, 0.15) is 0 Å². The van der Waals surface area contributed by atoms with Crippen LogP contribution in [0.25, 0.3) is 10.4 Å². The summed E-state index contributed by atoms with van der Waals surface area (Å²) < 4.78 is 26.5. The predicted molar refractivity (Wildman–Crippen MR) is 30.5 cm³/mol. The van der Waals surface area contributed by atoms with Crippen molar-refractivity contribution in [2.75, 3.05) is 7.11 Å². The molecule has 0 aliphatic heterocycles. The van der Waals surface area contributed by atoms with Crippen LogP contribution in [-0.2, 0) is 14.8 Å². The van der Waals surface area contributed by atoms with E-state index < -0.39 is 15.3 Å². The number of ether oxygens (including phenoxy) is 1. The van der Waals surface area contributed by atoms with Gasteiger partial charge >= 0.3 is 15.3 Å². The first-order chi connectivity index (χ1) is 4.54. The van der Waals surface area contributed by atoms with Crippen molar-refractivity contribution in [1.82, 2.24) is 0 Å². The Bertz CT molecular complexity index is 273. The highest BCUT2D eigenvalue weighted by atomic mass is 32.2. The van der Waals surface area contributed by atoms with Crippen LogP contribution in [0.2, 0.25) is 0 Å². The second kappa shape index (κ2) is 3.04. The first kappa shape index (κ1) is 8.73. The SMILES string of the molecule is COC(=O)S(=O)(=O)N=[N+]=[N-]. The average Bonchev–Trinajstić information content (AvgIpc) is 1.86. The molecule has 0 aliphatic carbocycles. The molecule has 10 heavy (non-hydrogen) atoms. The molecule has 0 bridgehead atoms. The minimum absolute atomic E-state index is 0.868. The number of sulfonamides is 1. The smallest absolute Gasteiger partial charge is 0.432 e. The number of methoxy groups -OCH3 is 1. The van der Waals surface area contributed by atoms with Gasteiger partial charge in [-0.3, -0.25) is 0 Å². The quantitative estimate of drug-likeness (QED) is 0.242. The Morgan fingerprint density at radius 2 is 2.20 bits per heavy atom. The van der Waals surface area contributed by atoms with E-state index in [0.717, 1.165) is 7.11 Å². The molecule has 0 saturated carbocycles. The van der Waals surface area contributed by atoms with Gasteiger partial charge in [-0.2, -0.15) is 0 Å². The van der Waals surface area contributed by atoms with Crippen LogP contribution in [0.3, 0.4) is 0 Å². The largest absolute Gasteiger partial charge is 0.457 e. The van der Waals surface area contributed by atoms with Gasteiger partial charge in [-0.1, -0.05) is 0 Å². The van der Waals surface area contributed by atoms with Gasteiger partial charge < -0.3 is 4.74 Å². The van der Waals surface area contributed by atoms with Crippen LogP contribution in [0.4, 0.5) is 4.79 Å². The van der Waals surface area contributed by atoms with Crippen molar-refractivity contribution >= 4 is 15.3 Å². The Hall–Kier alpha value is -1.27. The number of carbonyl (C=O) groups excluding carboxylic acids is 1. The van der Waals surface area contributed by atoms with E-state index >= 15 is 0 Å². The van der Waals surface area contributed by atoms with Gasteiger partial charge in [0.2, 0.25) is 0 Å². The third kappa shape index (κ3) is 1.92. The molecule has 0 unspecified atom stereocenters. The van der Waals surface area contributed by atoms with Gasteiger partial charge in [0, 0.05) is 9.43 Å². The van der Waals surface area contributed by atoms with Gasteiger partial charge in [-0.25, -0.2) is 13.2 Å². The summed E-state index contributed by atoms with van der Waals surface area (Å²) in [6, 6.07) is 0. The summed E-state index contributed by atoms with van der Waals surface area (Å²) >= 11 is 0. The lowest BCUT2D eigenvalue weighted by Gasteiger charge is -1.90. The van der Waals surface area contributed by atoms with E-state index in [0.29, 0.717) is 0 Å². The number of azide groups is 1. The number of rotatable bonds is 1. The van der Waals surface area contributed by atoms with Crippen LogP contribution in [-0.4, -0.2) is 20.8 Å². The average molecular weight is 165 g/mol. The molecule has 7 nitrogen and oxygen atoms in total. The second-order valence-corrected chi connectivity index (χ2v) is 2.55. The fraction of sp³-hybridized carbons (Fsp3) is 0.500. The molecule has 0 aromatic rings. The standard InChI is InChI=1S/C2H3N3O4S/c1-9-2(6)10(7,8)5-4-3/h1H3. The summed E-state index contributed by atoms with van der Waals surface area (Å²) in [7, 11) is -3.55. The van der Waals surface area contributed by atoms with E-state index in [1.807, 2.05) is 4.91 Å². The van der Waals surface area contributed by atoms with E-state index in [4.69, 9.17) is 5.53 Å². The lowest BCUT2D eigenvalue weighted by Crippen LogP contribution is -2.10. The molecule has 0 fully saturated rings. The highest BCUT2D eigenvalue weighted by Crippen LogP contribution is 1.96. The van der Waals surface area contributed by atoms with Gasteiger partial charge in [0.15, 0.2) is 0 Å². The Balaban J connectivity index is 4.76. The third-order valence-electron chi connectivity index (χ3n) is 0.521. The van der Waals surface area contributed by atoms with Crippen LogP contribution in [0.5, 0.6) is 0 Å². The van der Waals surface area contributed by atoms with Gasteiger partial charge in [0.1, 0.15) is 0 Å². The topological polar surface area (TPSA) is 109 Å². The number of nitrogens with zero attached hydrogens (tertiary/aromatic N) is 3. The lowest BCUT2D eigenvalue weighted by molar-refractivity contribution is 0.197. The Morgan fingerprint density at radius 3 is 2.50 bits per heavy atom. The van der Waals surface area contributed by atoms with Gasteiger partial charge in [-0.05, 0) is 5.53 Å². The monoisotopic (exact) mass is 165 g/mol. The van der Waals surface area contributed by atoms with Crippen molar-refractivity contribution in [2.45, 2.75) is 0 Å². The fourth-order valence-electron chi connectivity index (χ4n) is 0.187. The molecular formula is C2H3N3O4S. The maximum Gasteiger partial charge on any atom is 0.432 e. The van der Waals surface area contributed by atoms with Crippen LogP contribution < -0.4 is 0 Å². The van der Waals surface area contributed by atoms with Gasteiger partial charge in [-0.15, -0.1) is 0 Å². The van der Waals surface area contributed by atoms with Gasteiger partial charge in [0.05, 0.1) is 7.11 Å². The van der Waals surface area contributed by atoms with Crippen molar-refractivity contribution in [3.05, 3.63) is 10.4 Å². The molecule has 0 radical (unpaired) electrons. The first-order valence-electron chi connectivity index (χ1n) is 1.94. The van der Waals surface area contributed by atoms with Crippen molar-refractivity contribution < 1.29 is 17.9 Å². The van der Waals surface area contributed by atoms with E-state index in [2.05, 4.69) is 9.26 Å². The molecule has 0 amide bonds. The van der Waals surface area contributed by atoms with Crippen molar-refractivity contribution in [3.8, 4) is 0 Å². The molecule has 56 valence electrons. The van der Waals surface area contributed by atoms with E-state index in [9.17, 15) is 13.2 Å². The van der Waals surface area contributed by atoms with Crippen molar-refractivity contribution in [2.24, 2.45) is 4.52 Å². The molecule has 0 aromatic carbocycles. The Morgan fingerprint density at radius 1 is 1.70 bits per heavy atom. The Kier molecular flexibility index (Phi) is 2.65. The third-order valence-corrected chi connectivity index (χ3v) is 1.40. The summed E-state index contributed by atoms with van der Waals surface area (Å²) in [6.45, 7) is 0. The zero-order valence-electron chi connectivity index (χ0n) is 4.88. The Labute approximate surface area is 56.3 Å². The number of hydrogen-bond acceptors (Lipinski definition) is 4. The summed E-state index contributed by atoms with van der Waals surface area (Å²) in [5, 5.41) is -1.56. The summed E-state index contributed by atoms with van der Waals surface area (Å²) in [5.41, 5.74) is 7.62. The molecule has 0 saturated heterocycles. The summed E-state index contributed by atoms with van der Waals surface area (Å²) in [6.07, 6.45) is 0. The van der Waals surface area contributed by atoms with Crippen LogP contribution in [0.15, 0.2) is 4.52 Å². The van der Waals surface area contributed by atoms with Crippen LogP contribution in [0, 0.1) is 0 Å². The predicted octanol–water partition coefficient (Wildman–Crippen LogP) is 0.393. The molecule has 0 heterocycles. The minimum Gasteiger partial charge on any atom is -0.457 e. The molecule has 8 heteroatoms. The zero-order valence-corrected chi connectivity index (χ0v) is 5.70. The van der Waals surface area contributed by atoms with Crippen LogP contribution >= 0.6 is 0 Å². The lowest BCUT2D eigenvalue weighted by atomic mass is 11.5. The highest BCUT2D eigenvalue weighted by Gasteiger charge is 2.20. The first-order valence-corrected chi connectivity index (χ1v) is 3.38. The van der Waals surface area contributed by atoms with E-state index in [1.54, 1.807) is 0 Å². The molecule has 0 aliphatic rings. The maximum atomic E-state index is 10.3. The molecule has 0 aromatic heterocycles. The molecule has 0 atom stereocenters. The zero-order chi connectivity index (χ0) is 8.20. The highest BCUT2D eigenvalue weighted by molar-refractivity contribution is 8.04. The maximum absolute atomic E-state index is 10.3. The minimum atomic E-state index is -4.41. The second-order valence-electron chi connectivity index (χ2n) is 1.10. The molecule has 0 spiro atoms. The van der Waals surface area contributed by atoms with E-state index in [-0.39, 0.29) is 0 Å². The molecular weight excluding hydrogens is 162 g/mol. The number of carbonyl (C=O) groups is 1. The fourth-order valence-corrected chi connectivity index (χ4v) is 0.560.